The number of hydrogen-bond acceptors (Lipinski definition) is 2. The third-order valence-electron chi connectivity index (χ3n) is 2.60. The van der Waals surface area contributed by atoms with Gasteiger partial charge in [0.05, 0.1) is 0 Å². The molecule has 19 heavy (non-hydrogen) atoms. The van der Waals surface area contributed by atoms with Gasteiger partial charge in [0.15, 0.2) is 17.5 Å². The number of benzene rings is 2. The SMILES string of the molecule is OB(O)c1cccc(-c2cc(F)c(F)c(F)c2)c1F. The van der Waals surface area contributed by atoms with Gasteiger partial charge in [0, 0.05) is 11.0 Å². The van der Waals surface area contributed by atoms with E-state index in [-0.39, 0.29) is 11.1 Å². The zero-order valence-corrected chi connectivity index (χ0v) is 9.37. The van der Waals surface area contributed by atoms with Gasteiger partial charge in [-0.1, -0.05) is 18.2 Å². The molecule has 0 atom stereocenters. The van der Waals surface area contributed by atoms with Gasteiger partial charge in [-0.25, -0.2) is 17.6 Å². The minimum absolute atomic E-state index is 0.239. The zero-order chi connectivity index (χ0) is 14.2. The zero-order valence-electron chi connectivity index (χ0n) is 9.37. The molecule has 2 N–H and O–H groups in total. The molecule has 0 aliphatic carbocycles. The number of hydrogen-bond donors (Lipinski definition) is 2. The van der Waals surface area contributed by atoms with Crippen molar-refractivity contribution in [2.45, 2.75) is 0 Å². The van der Waals surface area contributed by atoms with Crippen molar-refractivity contribution in [1.29, 1.82) is 0 Å². The predicted molar refractivity (Wildman–Crippen MR) is 61.5 cm³/mol. The minimum atomic E-state index is -2.06. The van der Waals surface area contributed by atoms with Crippen molar-refractivity contribution in [3.8, 4) is 11.1 Å². The van der Waals surface area contributed by atoms with Gasteiger partial charge in [-0.15, -0.1) is 0 Å². The van der Waals surface area contributed by atoms with Crippen LogP contribution in [0.3, 0.4) is 0 Å². The lowest BCUT2D eigenvalue weighted by atomic mass is 9.78. The first-order valence-corrected chi connectivity index (χ1v) is 5.21. The molecule has 0 amide bonds. The van der Waals surface area contributed by atoms with Crippen LogP contribution in [-0.2, 0) is 0 Å². The van der Waals surface area contributed by atoms with Crippen LogP contribution < -0.4 is 5.46 Å². The van der Waals surface area contributed by atoms with Crippen molar-refractivity contribution in [3.05, 3.63) is 53.6 Å². The molecule has 0 fully saturated rings. The molecule has 0 bridgehead atoms. The molecule has 0 aliphatic rings. The lowest BCUT2D eigenvalue weighted by Crippen LogP contribution is -2.33. The van der Waals surface area contributed by atoms with E-state index in [1.807, 2.05) is 0 Å². The van der Waals surface area contributed by atoms with Gasteiger partial charge in [0.25, 0.3) is 0 Å². The Hall–Kier alpha value is -1.86. The molecule has 98 valence electrons. The van der Waals surface area contributed by atoms with Gasteiger partial charge in [0.1, 0.15) is 5.82 Å². The summed E-state index contributed by atoms with van der Waals surface area (Å²) in [7, 11) is -2.06. The number of halogens is 4. The molecule has 0 saturated carbocycles. The Bertz CT molecular complexity index is 608. The first-order valence-electron chi connectivity index (χ1n) is 5.21. The van der Waals surface area contributed by atoms with Crippen LogP contribution in [0.2, 0.25) is 0 Å². The quantitative estimate of drug-likeness (QED) is 0.494. The third kappa shape index (κ3) is 2.47. The molecule has 2 aromatic rings. The van der Waals surface area contributed by atoms with Crippen LogP contribution in [0.5, 0.6) is 0 Å². The van der Waals surface area contributed by atoms with E-state index in [0.29, 0.717) is 12.1 Å². The maximum atomic E-state index is 13.9. The van der Waals surface area contributed by atoms with E-state index in [2.05, 4.69) is 0 Å². The van der Waals surface area contributed by atoms with Crippen molar-refractivity contribution in [2.75, 3.05) is 0 Å². The summed E-state index contributed by atoms with van der Waals surface area (Å²) in [5, 5.41) is 17.9. The highest BCUT2D eigenvalue weighted by atomic mass is 19.2. The summed E-state index contributed by atoms with van der Waals surface area (Å²) < 4.78 is 52.9. The summed E-state index contributed by atoms with van der Waals surface area (Å²) in [6.45, 7) is 0. The Morgan fingerprint density at radius 3 is 1.95 bits per heavy atom. The van der Waals surface area contributed by atoms with Gasteiger partial charge in [-0.05, 0) is 17.7 Å². The summed E-state index contributed by atoms with van der Waals surface area (Å²) in [6.07, 6.45) is 0. The van der Waals surface area contributed by atoms with Gasteiger partial charge >= 0.3 is 7.12 Å². The van der Waals surface area contributed by atoms with E-state index >= 15 is 0 Å². The summed E-state index contributed by atoms with van der Waals surface area (Å²) in [4.78, 5) is 0. The second-order valence-electron chi connectivity index (χ2n) is 3.84. The first-order chi connectivity index (χ1) is 8.91. The molecule has 0 radical (unpaired) electrons. The first kappa shape index (κ1) is 13.6. The Balaban J connectivity index is 2.63. The van der Waals surface area contributed by atoms with Crippen LogP contribution in [0.25, 0.3) is 11.1 Å². The van der Waals surface area contributed by atoms with Crippen molar-refractivity contribution < 1.29 is 27.6 Å². The minimum Gasteiger partial charge on any atom is -0.423 e. The maximum absolute atomic E-state index is 13.9. The van der Waals surface area contributed by atoms with Crippen molar-refractivity contribution in [2.24, 2.45) is 0 Å². The van der Waals surface area contributed by atoms with Gasteiger partial charge in [-0.2, -0.15) is 0 Å². The summed E-state index contributed by atoms with van der Waals surface area (Å²) in [5.41, 5.74) is -0.942. The van der Waals surface area contributed by atoms with E-state index in [9.17, 15) is 17.6 Å². The predicted octanol–water partition coefficient (Wildman–Crippen LogP) is 1.59. The molecular weight excluding hydrogens is 263 g/mol. The smallest absolute Gasteiger partial charge is 0.423 e. The highest BCUT2D eigenvalue weighted by Crippen LogP contribution is 2.25. The summed E-state index contributed by atoms with van der Waals surface area (Å²) in [5.74, 6) is -5.60. The topological polar surface area (TPSA) is 40.5 Å². The molecule has 0 aromatic heterocycles. The van der Waals surface area contributed by atoms with Gasteiger partial charge in [0.2, 0.25) is 0 Å². The van der Waals surface area contributed by atoms with E-state index < -0.39 is 35.9 Å². The third-order valence-corrected chi connectivity index (χ3v) is 2.60. The fraction of sp³-hybridized carbons (Fsp3) is 0. The molecule has 0 spiro atoms. The molecule has 0 heterocycles. The van der Waals surface area contributed by atoms with E-state index in [1.54, 1.807) is 0 Å². The van der Waals surface area contributed by atoms with Crippen LogP contribution in [0.4, 0.5) is 17.6 Å². The van der Waals surface area contributed by atoms with Gasteiger partial charge < -0.3 is 10.0 Å². The van der Waals surface area contributed by atoms with Crippen LogP contribution in [0, 0.1) is 23.3 Å². The second-order valence-corrected chi connectivity index (χ2v) is 3.84. The summed E-state index contributed by atoms with van der Waals surface area (Å²) in [6, 6.07) is 4.84. The monoisotopic (exact) mass is 270 g/mol. The van der Waals surface area contributed by atoms with Crippen molar-refractivity contribution in [3.63, 3.8) is 0 Å². The average molecular weight is 270 g/mol. The lowest BCUT2D eigenvalue weighted by molar-refractivity contribution is 0.423. The van der Waals surface area contributed by atoms with Gasteiger partial charge in [-0.3, -0.25) is 0 Å². The van der Waals surface area contributed by atoms with Crippen molar-refractivity contribution >= 4 is 12.6 Å². The summed E-state index contributed by atoms with van der Waals surface area (Å²) >= 11 is 0. The maximum Gasteiger partial charge on any atom is 0.491 e. The molecule has 2 aromatic carbocycles. The Morgan fingerprint density at radius 1 is 0.842 bits per heavy atom. The van der Waals surface area contributed by atoms with E-state index in [4.69, 9.17) is 10.0 Å². The fourth-order valence-corrected chi connectivity index (χ4v) is 1.68. The van der Waals surface area contributed by atoms with Crippen LogP contribution >= 0.6 is 0 Å². The number of rotatable bonds is 2. The lowest BCUT2D eigenvalue weighted by Gasteiger charge is -2.08. The normalized spacial score (nSPS) is 10.6. The molecule has 0 saturated heterocycles. The van der Waals surface area contributed by atoms with Crippen molar-refractivity contribution in [1.82, 2.24) is 0 Å². The highest BCUT2D eigenvalue weighted by molar-refractivity contribution is 6.58. The van der Waals surface area contributed by atoms with Crippen LogP contribution in [0.1, 0.15) is 0 Å². The Kier molecular flexibility index (Phi) is 3.59. The second kappa shape index (κ2) is 5.03. The molecule has 2 rings (SSSR count). The molecule has 0 unspecified atom stereocenters. The van der Waals surface area contributed by atoms with Crippen LogP contribution in [-0.4, -0.2) is 17.2 Å². The van der Waals surface area contributed by atoms with E-state index in [1.165, 1.54) is 12.1 Å². The largest absolute Gasteiger partial charge is 0.491 e. The highest BCUT2D eigenvalue weighted by Gasteiger charge is 2.20. The molecule has 2 nitrogen and oxygen atoms in total. The standard InChI is InChI=1S/C12H7BF4O2/c14-9-4-6(5-10(15)12(9)17)7-2-1-3-8(11(7)16)13(18)19/h1-5,18-19H. The fourth-order valence-electron chi connectivity index (χ4n) is 1.68. The molecule has 0 aliphatic heterocycles. The molecular formula is C12H7BF4O2. The average Bonchev–Trinajstić information content (AvgIpc) is 2.35. The Morgan fingerprint density at radius 2 is 1.42 bits per heavy atom. The van der Waals surface area contributed by atoms with Crippen LogP contribution in [0.15, 0.2) is 30.3 Å². The van der Waals surface area contributed by atoms with E-state index in [0.717, 1.165) is 6.07 Å². The Labute approximate surface area is 106 Å². The molecule has 7 heteroatoms.